The van der Waals surface area contributed by atoms with E-state index >= 15 is 0 Å². The summed E-state index contributed by atoms with van der Waals surface area (Å²) in [4.78, 5) is 1.48. The van der Waals surface area contributed by atoms with E-state index in [1.54, 1.807) is 0 Å². The minimum atomic E-state index is 0.189. The smallest absolute Gasteiger partial charge is 0.0713 e. The van der Waals surface area contributed by atoms with Crippen molar-refractivity contribution in [2.24, 2.45) is 0 Å². The van der Waals surface area contributed by atoms with E-state index in [4.69, 9.17) is 4.74 Å². The SMILES string of the molecule is CCC(NC1CCOC2(CCSCC2)C1)c1cccs1. The fourth-order valence-electron chi connectivity index (χ4n) is 3.44. The Kier molecular flexibility index (Phi) is 5.08. The number of thioether (sulfide) groups is 1. The number of nitrogens with one attached hydrogen (secondary N) is 1. The second kappa shape index (κ2) is 6.82. The Morgan fingerprint density at radius 1 is 1.45 bits per heavy atom. The van der Waals surface area contributed by atoms with Crippen molar-refractivity contribution in [1.82, 2.24) is 5.32 Å². The summed E-state index contributed by atoms with van der Waals surface area (Å²) in [6.45, 7) is 3.22. The Labute approximate surface area is 130 Å². The van der Waals surface area contributed by atoms with Crippen LogP contribution < -0.4 is 5.32 Å². The van der Waals surface area contributed by atoms with Crippen LogP contribution in [0.15, 0.2) is 17.5 Å². The van der Waals surface area contributed by atoms with Crippen LogP contribution in [0.2, 0.25) is 0 Å². The van der Waals surface area contributed by atoms with Gasteiger partial charge >= 0.3 is 0 Å². The summed E-state index contributed by atoms with van der Waals surface area (Å²) in [7, 11) is 0. The summed E-state index contributed by atoms with van der Waals surface area (Å²) >= 11 is 3.96. The highest BCUT2D eigenvalue weighted by Gasteiger charge is 2.39. The second-order valence-electron chi connectivity index (χ2n) is 5.98. The van der Waals surface area contributed by atoms with E-state index in [-0.39, 0.29) is 5.60 Å². The maximum absolute atomic E-state index is 6.19. The van der Waals surface area contributed by atoms with Gasteiger partial charge in [-0.3, -0.25) is 0 Å². The zero-order valence-corrected chi connectivity index (χ0v) is 13.9. The maximum atomic E-state index is 6.19. The van der Waals surface area contributed by atoms with Crippen molar-refractivity contribution in [3.05, 3.63) is 22.4 Å². The minimum Gasteiger partial charge on any atom is -0.375 e. The van der Waals surface area contributed by atoms with Crippen LogP contribution in [0.25, 0.3) is 0 Å². The summed E-state index contributed by atoms with van der Waals surface area (Å²) in [6.07, 6.45) is 6.02. The largest absolute Gasteiger partial charge is 0.375 e. The van der Waals surface area contributed by atoms with Gasteiger partial charge in [0.15, 0.2) is 0 Å². The molecule has 2 aliphatic rings. The molecule has 0 aromatic carbocycles. The molecule has 1 N–H and O–H groups in total. The molecule has 0 saturated carbocycles. The van der Waals surface area contributed by atoms with E-state index in [0.29, 0.717) is 12.1 Å². The molecule has 20 heavy (non-hydrogen) atoms. The third-order valence-electron chi connectivity index (χ3n) is 4.63. The first-order valence-corrected chi connectivity index (χ1v) is 9.86. The molecule has 0 amide bonds. The van der Waals surface area contributed by atoms with Crippen LogP contribution >= 0.6 is 23.1 Å². The Balaban J connectivity index is 1.62. The first-order chi connectivity index (χ1) is 9.81. The normalized spacial score (nSPS) is 27.6. The van der Waals surface area contributed by atoms with Gasteiger partial charge in [-0.05, 0) is 55.1 Å². The highest BCUT2D eigenvalue weighted by Crippen LogP contribution is 2.38. The average molecular weight is 312 g/mol. The molecule has 2 nitrogen and oxygen atoms in total. The molecular formula is C16H25NOS2. The molecule has 2 unspecified atom stereocenters. The monoisotopic (exact) mass is 311 g/mol. The number of hydrogen-bond donors (Lipinski definition) is 1. The molecule has 3 rings (SSSR count). The molecule has 0 aliphatic carbocycles. The summed E-state index contributed by atoms with van der Waals surface area (Å²) in [5.41, 5.74) is 0.189. The molecule has 112 valence electrons. The van der Waals surface area contributed by atoms with Gasteiger partial charge in [-0.2, -0.15) is 11.8 Å². The fourth-order valence-corrected chi connectivity index (χ4v) is 5.54. The van der Waals surface area contributed by atoms with Gasteiger partial charge in [0.2, 0.25) is 0 Å². The van der Waals surface area contributed by atoms with E-state index in [9.17, 15) is 0 Å². The Morgan fingerprint density at radius 3 is 3.00 bits per heavy atom. The first kappa shape index (κ1) is 14.9. The Bertz CT molecular complexity index is 395. The predicted octanol–water partition coefficient (Wildman–Crippen LogP) is 4.23. The van der Waals surface area contributed by atoms with Crippen LogP contribution in [0, 0.1) is 0 Å². The molecule has 2 atom stereocenters. The number of ether oxygens (including phenoxy) is 1. The summed E-state index contributed by atoms with van der Waals surface area (Å²) < 4.78 is 6.19. The molecule has 1 spiro atoms. The van der Waals surface area contributed by atoms with Crippen LogP contribution in [-0.4, -0.2) is 29.8 Å². The Morgan fingerprint density at radius 2 is 2.30 bits per heavy atom. The van der Waals surface area contributed by atoms with Gasteiger partial charge in [0, 0.05) is 23.6 Å². The lowest BCUT2D eigenvalue weighted by atomic mass is 9.85. The molecule has 1 aromatic rings. The molecule has 2 fully saturated rings. The van der Waals surface area contributed by atoms with Crippen LogP contribution in [0.5, 0.6) is 0 Å². The van der Waals surface area contributed by atoms with Gasteiger partial charge in [-0.1, -0.05) is 13.0 Å². The zero-order valence-electron chi connectivity index (χ0n) is 12.3. The van der Waals surface area contributed by atoms with Gasteiger partial charge in [-0.25, -0.2) is 0 Å². The highest BCUT2D eigenvalue weighted by atomic mass is 32.2. The van der Waals surface area contributed by atoms with Crippen LogP contribution in [0.3, 0.4) is 0 Å². The van der Waals surface area contributed by atoms with Crippen molar-refractivity contribution in [1.29, 1.82) is 0 Å². The average Bonchev–Trinajstić information content (AvgIpc) is 3.00. The van der Waals surface area contributed by atoms with Gasteiger partial charge in [-0.15, -0.1) is 11.3 Å². The molecule has 0 radical (unpaired) electrons. The number of hydrogen-bond acceptors (Lipinski definition) is 4. The fraction of sp³-hybridized carbons (Fsp3) is 0.750. The van der Waals surface area contributed by atoms with Gasteiger partial charge in [0.25, 0.3) is 0 Å². The zero-order chi connectivity index (χ0) is 13.8. The minimum absolute atomic E-state index is 0.189. The topological polar surface area (TPSA) is 21.3 Å². The molecule has 2 aliphatic heterocycles. The summed E-state index contributed by atoms with van der Waals surface area (Å²) in [5, 5.41) is 6.09. The molecular weight excluding hydrogens is 286 g/mol. The van der Waals surface area contributed by atoms with Gasteiger partial charge in [0.05, 0.1) is 5.60 Å². The van der Waals surface area contributed by atoms with Gasteiger partial charge < -0.3 is 10.1 Å². The lowest BCUT2D eigenvalue weighted by Crippen LogP contribution is -2.49. The van der Waals surface area contributed by atoms with E-state index in [0.717, 1.165) is 13.0 Å². The van der Waals surface area contributed by atoms with Crippen molar-refractivity contribution in [2.75, 3.05) is 18.1 Å². The second-order valence-corrected chi connectivity index (χ2v) is 8.18. The molecule has 3 heterocycles. The van der Waals surface area contributed by atoms with Crippen LogP contribution in [0.4, 0.5) is 0 Å². The molecule has 1 aromatic heterocycles. The lowest BCUT2D eigenvalue weighted by Gasteiger charge is -2.44. The van der Waals surface area contributed by atoms with Crippen molar-refractivity contribution in [3.8, 4) is 0 Å². The quantitative estimate of drug-likeness (QED) is 0.899. The predicted molar refractivity (Wildman–Crippen MR) is 88.8 cm³/mol. The third-order valence-corrected chi connectivity index (χ3v) is 6.60. The summed E-state index contributed by atoms with van der Waals surface area (Å²) in [5.74, 6) is 2.55. The third kappa shape index (κ3) is 3.41. The van der Waals surface area contributed by atoms with E-state index in [2.05, 4.69) is 41.5 Å². The van der Waals surface area contributed by atoms with E-state index in [1.165, 1.54) is 42.1 Å². The molecule has 0 bridgehead atoms. The molecule has 2 saturated heterocycles. The van der Waals surface area contributed by atoms with Crippen LogP contribution in [-0.2, 0) is 4.74 Å². The maximum Gasteiger partial charge on any atom is 0.0713 e. The number of rotatable bonds is 4. The number of thiophene rings is 1. The van der Waals surface area contributed by atoms with Gasteiger partial charge in [0.1, 0.15) is 0 Å². The molecule has 4 heteroatoms. The first-order valence-electron chi connectivity index (χ1n) is 7.82. The van der Waals surface area contributed by atoms with E-state index in [1.807, 2.05) is 11.3 Å². The van der Waals surface area contributed by atoms with Crippen molar-refractivity contribution < 1.29 is 4.74 Å². The standard InChI is InChI=1S/C16H25NOS2/c1-2-14(15-4-3-9-20-15)17-13-5-8-18-16(12-13)6-10-19-11-7-16/h3-4,9,13-14,17H,2,5-8,10-12H2,1H3. The van der Waals surface area contributed by atoms with Crippen LogP contribution in [0.1, 0.15) is 49.9 Å². The van der Waals surface area contributed by atoms with Crippen molar-refractivity contribution in [2.45, 2.75) is 56.7 Å². The highest BCUT2D eigenvalue weighted by molar-refractivity contribution is 7.99. The lowest BCUT2D eigenvalue weighted by molar-refractivity contribution is -0.0942. The Hall–Kier alpha value is -0.0300. The van der Waals surface area contributed by atoms with Crippen molar-refractivity contribution in [3.63, 3.8) is 0 Å². The van der Waals surface area contributed by atoms with Crippen molar-refractivity contribution >= 4 is 23.1 Å². The van der Waals surface area contributed by atoms with E-state index < -0.39 is 0 Å². The summed E-state index contributed by atoms with van der Waals surface area (Å²) in [6, 6.07) is 5.57.